The molecule has 0 aliphatic carbocycles. The van der Waals surface area contributed by atoms with Gasteiger partial charge in [0.2, 0.25) is 0 Å². The predicted molar refractivity (Wildman–Crippen MR) is 83.7 cm³/mol. The quantitative estimate of drug-likeness (QED) is 0.883. The second-order valence-corrected chi connectivity index (χ2v) is 5.53. The first-order valence-electron chi connectivity index (χ1n) is 7.40. The standard InChI is InChI=1S/C18H16FNO3/c1-2-20-15-6-4-3-5-14(15)18(23,17(20)22)11-16(21)12-7-9-13(19)10-8-12/h3-10,23H,2,11H2,1H3. The van der Waals surface area contributed by atoms with Crippen LogP contribution in [-0.2, 0) is 10.4 Å². The highest BCUT2D eigenvalue weighted by Crippen LogP contribution is 2.42. The van der Waals surface area contributed by atoms with Crippen LogP contribution in [0.5, 0.6) is 0 Å². The molecule has 0 bridgehead atoms. The van der Waals surface area contributed by atoms with Gasteiger partial charge in [-0.3, -0.25) is 9.59 Å². The molecule has 0 saturated heterocycles. The number of amides is 1. The zero-order chi connectivity index (χ0) is 16.6. The lowest BCUT2D eigenvalue weighted by Crippen LogP contribution is -2.41. The Morgan fingerprint density at radius 3 is 2.48 bits per heavy atom. The van der Waals surface area contributed by atoms with E-state index in [1.165, 1.54) is 29.2 Å². The van der Waals surface area contributed by atoms with Gasteiger partial charge in [-0.15, -0.1) is 0 Å². The monoisotopic (exact) mass is 313 g/mol. The lowest BCUT2D eigenvalue weighted by Gasteiger charge is -2.22. The highest BCUT2D eigenvalue weighted by atomic mass is 19.1. The number of para-hydroxylation sites is 1. The van der Waals surface area contributed by atoms with E-state index in [1.807, 2.05) is 6.92 Å². The summed E-state index contributed by atoms with van der Waals surface area (Å²) in [6.45, 7) is 2.21. The molecule has 1 N–H and O–H groups in total. The van der Waals surface area contributed by atoms with E-state index >= 15 is 0 Å². The number of likely N-dealkylation sites (N-methyl/N-ethyl adjacent to an activating group) is 1. The Kier molecular flexibility index (Phi) is 3.74. The zero-order valence-corrected chi connectivity index (χ0v) is 12.6. The van der Waals surface area contributed by atoms with Gasteiger partial charge in [0.1, 0.15) is 5.82 Å². The maximum atomic E-state index is 13.0. The van der Waals surface area contributed by atoms with Crippen LogP contribution in [-0.4, -0.2) is 23.3 Å². The number of hydrogen-bond acceptors (Lipinski definition) is 3. The van der Waals surface area contributed by atoms with E-state index in [-0.39, 0.29) is 12.0 Å². The minimum Gasteiger partial charge on any atom is -0.375 e. The molecule has 1 aliphatic rings. The van der Waals surface area contributed by atoms with Crippen LogP contribution in [0.2, 0.25) is 0 Å². The number of nitrogens with zero attached hydrogens (tertiary/aromatic N) is 1. The fourth-order valence-corrected chi connectivity index (χ4v) is 2.96. The van der Waals surface area contributed by atoms with E-state index in [9.17, 15) is 19.1 Å². The average Bonchev–Trinajstić information content (AvgIpc) is 2.76. The molecule has 1 unspecified atom stereocenters. The Hall–Kier alpha value is -2.53. The number of benzene rings is 2. The summed E-state index contributed by atoms with van der Waals surface area (Å²) in [7, 11) is 0. The highest BCUT2D eigenvalue weighted by molar-refractivity contribution is 6.10. The molecule has 5 heteroatoms. The van der Waals surface area contributed by atoms with Gasteiger partial charge < -0.3 is 10.0 Å². The van der Waals surface area contributed by atoms with Crippen molar-refractivity contribution in [1.82, 2.24) is 0 Å². The fourth-order valence-electron chi connectivity index (χ4n) is 2.96. The summed E-state index contributed by atoms with van der Waals surface area (Å²) < 4.78 is 13.0. The van der Waals surface area contributed by atoms with Crippen molar-refractivity contribution in [3.8, 4) is 0 Å². The molecule has 1 aliphatic heterocycles. The first-order chi connectivity index (χ1) is 11.0. The van der Waals surface area contributed by atoms with Gasteiger partial charge >= 0.3 is 0 Å². The molecule has 0 spiro atoms. The smallest absolute Gasteiger partial charge is 0.264 e. The molecule has 3 rings (SSSR count). The maximum Gasteiger partial charge on any atom is 0.264 e. The normalized spacial score (nSPS) is 19.8. The van der Waals surface area contributed by atoms with Gasteiger partial charge in [-0.2, -0.15) is 0 Å². The van der Waals surface area contributed by atoms with Crippen molar-refractivity contribution in [3.05, 3.63) is 65.5 Å². The molecule has 1 amide bonds. The molecule has 23 heavy (non-hydrogen) atoms. The van der Waals surface area contributed by atoms with Crippen LogP contribution < -0.4 is 4.90 Å². The van der Waals surface area contributed by atoms with Crippen molar-refractivity contribution in [2.45, 2.75) is 18.9 Å². The van der Waals surface area contributed by atoms with Crippen molar-refractivity contribution >= 4 is 17.4 Å². The molecule has 0 aromatic heterocycles. The van der Waals surface area contributed by atoms with Gasteiger partial charge in [-0.25, -0.2) is 4.39 Å². The van der Waals surface area contributed by atoms with E-state index in [0.717, 1.165) is 0 Å². The maximum absolute atomic E-state index is 13.0. The summed E-state index contributed by atoms with van der Waals surface area (Å²) in [5, 5.41) is 10.9. The second kappa shape index (κ2) is 5.59. The molecule has 0 saturated carbocycles. The third-order valence-electron chi connectivity index (χ3n) is 4.14. The molecular formula is C18H16FNO3. The topological polar surface area (TPSA) is 57.6 Å². The third-order valence-corrected chi connectivity index (χ3v) is 4.14. The molecule has 2 aromatic carbocycles. The van der Waals surface area contributed by atoms with Crippen LogP contribution in [0.4, 0.5) is 10.1 Å². The number of halogens is 1. The Bertz CT molecular complexity index is 772. The Morgan fingerprint density at radius 2 is 1.83 bits per heavy atom. The molecule has 118 valence electrons. The van der Waals surface area contributed by atoms with E-state index in [1.54, 1.807) is 24.3 Å². The number of fused-ring (bicyclic) bond motifs is 1. The van der Waals surface area contributed by atoms with E-state index < -0.39 is 23.1 Å². The predicted octanol–water partition coefficient (Wildman–Crippen LogP) is 2.65. The number of rotatable bonds is 4. The molecule has 4 nitrogen and oxygen atoms in total. The largest absolute Gasteiger partial charge is 0.375 e. The number of aliphatic hydroxyl groups is 1. The summed E-state index contributed by atoms with van der Waals surface area (Å²) >= 11 is 0. The summed E-state index contributed by atoms with van der Waals surface area (Å²) in [6.07, 6.45) is -0.370. The lowest BCUT2D eigenvalue weighted by atomic mass is 9.88. The van der Waals surface area contributed by atoms with Crippen LogP contribution >= 0.6 is 0 Å². The van der Waals surface area contributed by atoms with Crippen molar-refractivity contribution in [2.24, 2.45) is 0 Å². The highest BCUT2D eigenvalue weighted by Gasteiger charge is 2.50. The van der Waals surface area contributed by atoms with Crippen LogP contribution in [0.25, 0.3) is 0 Å². The van der Waals surface area contributed by atoms with E-state index in [0.29, 0.717) is 17.8 Å². The summed E-state index contributed by atoms with van der Waals surface area (Å²) in [5.74, 6) is -1.36. The van der Waals surface area contributed by atoms with Gasteiger partial charge in [-0.1, -0.05) is 18.2 Å². The van der Waals surface area contributed by atoms with Gasteiger partial charge in [0, 0.05) is 17.7 Å². The Balaban J connectivity index is 1.96. The average molecular weight is 313 g/mol. The first kappa shape index (κ1) is 15.4. The number of carbonyl (C=O) groups is 2. The van der Waals surface area contributed by atoms with Crippen LogP contribution in [0.15, 0.2) is 48.5 Å². The minimum atomic E-state index is -1.88. The van der Waals surface area contributed by atoms with Crippen LogP contribution in [0.3, 0.4) is 0 Å². The summed E-state index contributed by atoms with van der Waals surface area (Å²) in [6, 6.07) is 12.0. The molecule has 1 atom stereocenters. The number of Topliss-reactive ketones (excluding diaryl/α,β-unsaturated/α-hetero) is 1. The van der Waals surface area contributed by atoms with E-state index in [2.05, 4.69) is 0 Å². The number of ketones is 1. The summed E-state index contributed by atoms with van der Waals surface area (Å²) in [4.78, 5) is 26.5. The molecular weight excluding hydrogens is 297 g/mol. The van der Waals surface area contributed by atoms with Gasteiger partial charge in [-0.05, 0) is 37.3 Å². The summed E-state index contributed by atoms with van der Waals surface area (Å²) in [5.41, 5.74) is -0.560. The molecule has 2 aromatic rings. The van der Waals surface area contributed by atoms with Gasteiger partial charge in [0.05, 0.1) is 12.1 Å². The molecule has 0 fully saturated rings. The van der Waals surface area contributed by atoms with Crippen LogP contribution in [0, 0.1) is 5.82 Å². The van der Waals surface area contributed by atoms with Gasteiger partial charge in [0.15, 0.2) is 11.4 Å². The SMILES string of the molecule is CCN1C(=O)C(O)(CC(=O)c2ccc(F)cc2)c2ccccc21. The first-order valence-corrected chi connectivity index (χ1v) is 7.40. The van der Waals surface area contributed by atoms with Crippen LogP contribution in [0.1, 0.15) is 29.3 Å². The molecule has 0 radical (unpaired) electrons. The van der Waals surface area contributed by atoms with E-state index in [4.69, 9.17) is 0 Å². The lowest BCUT2D eigenvalue weighted by molar-refractivity contribution is -0.135. The Morgan fingerprint density at radius 1 is 1.17 bits per heavy atom. The van der Waals surface area contributed by atoms with Crippen molar-refractivity contribution in [1.29, 1.82) is 0 Å². The molecule has 1 heterocycles. The van der Waals surface area contributed by atoms with Crippen molar-refractivity contribution in [2.75, 3.05) is 11.4 Å². The Labute approximate surface area is 133 Å². The number of hydrogen-bond donors (Lipinski definition) is 1. The number of anilines is 1. The van der Waals surface area contributed by atoms with Gasteiger partial charge in [0.25, 0.3) is 5.91 Å². The van der Waals surface area contributed by atoms with Crippen molar-refractivity contribution in [3.63, 3.8) is 0 Å². The van der Waals surface area contributed by atoms with Crippen molar-refractivity contribution < 1.29 is 19.1 Å². The fraction of sp³-hybridized carbons (Fsp3) is 0.222. The minimum absolute atomic E-state index is 0.264. The zero-order valence-electron chi connectivity index (χ0n) is 12.6. The second-order valence-electron chi connectivity index (χ2n) is 5.53. The number of carbonyl (C=O) groups excluding carboxylic acids is 2. The third kappa shape index (κ3) is 2.43.